The number of rotatable bonds is 2. The summed E-state index contributed by atoms with van der Waals surface area (Å²) >= 11 is 0. The number of amides is 1. The average Bonchev–Trinajstić information content (AvgIpc) is 2.18. The van der Waals surface area contributed by atoms with Gasteiger partial charge >= 0.3 is 5.97 Å². The number of hydrogen-bond acceptors (Lipinski definition) is 4. The van der Waals surface area contributed by atoms with Crippen molar-refractivity contribution in [1.29, 1.82) is 5.26 Å². The van der Waals surface area contributed by atoms with E-state index in [2.05, 4.69) is 4.98 Å². The van der Waals surface area contributed by atoms with Crippen LogP contribution in [0.25, 0.3) is 0 Å². The standard InChI is InChI=1S/C8H5N3O3/c9-4-11-7(12)6-5(8(13)14)2-1-3-10-6/h1-3H,(H,11,12)(H,13,14). The topological polar surface area (TPSA) is 103 Å². The van der Waals surface area contributed by atoms with Crippen molar-refractivity contribution in [2.45, 2.75) is 0 Å². The maximum atomic E-state index is 11.1. The molecule has 1 heterocycles. The first-order valence-corrected chi connectivity index (χ1v) is 3.54. The molecule has 0 bridgehead atoms. The Labute approximate surface area is 78.8 Å². The molecule has 14 heavy (non-hydrogen) atoms. The van der Waals surface area contributed by atoms with Gasteiger partial charge in [-0.2, -0.15) is 5.26 Å². The zero-order chi connectivity index (χ0) is 10.6. The first-order chi connectivity index (χ1) is 6.66. The monoisotopic (exact) mass is 191 g/mol. The number of nitriles is 1. The van der Waals surface area contributed by atoms with Gasteiger partial charge in [-0.15, -0.1) is 0 Å². The highest BCUT2D eigenvalue weighted by Crippen LogP contribution is 2.04. The number of nitrogens with zero attached hydrogens (tertiary/aromatic N) is 2. The Morgan fingerprint density at radius 1 is 1.57 bits per heavy atom. The van der Waals surface area contributed by atoms with Crippen LogP contribution in [-0.2, 0) is 0 Å². The predicted molar refractivity (Wildman–Crippen MR) is 44.3 cm³/mol. The van der Waals surface area contributed by atoms with Crippen molar-refractivity contribution < 1.29 is 14.7 Å². The summed E-state index contributed by atoms with van der Waals surface area (Å²) < 4.78 is 0. The third-order valence-corrected chi connectivity index (χ3v) is 1.42. The number of hydrogen-bond donors (Lipinski definition) is 2. The maximum Gasteiger partial charge on any atom is 0.338 e. The van der Waals surface area contributed by atoms with E-state index in [0.717, 1.165) is 0 Å². The van der Waals surface area contributed by atoms with Crippen LogP contribution in [0.2, 0.25) is 0 Å². The average molecular weight is 191 g/mol. The number of carbonyl (C=O) groups is 2. The quantitative estimate of drug-likeness (QED) is 0.505. The molecular formula is C8H5N3O3. The minimum atomic E-state index is -1.26. The minimum Gasteiger partial charge on any atom is -0.478 e. The molecule has 6 heteroatoms. The molecule has 1 aromatic rings. The molecule has 0 spiro atoms. The number of aromatic nitrogens is 1. The summed E-state index contributed by atoms with van der Waals surface area (Å²) in [5.41, 5.74) is -0.512. The summed E-state index contributed by atoms with van der Waals surface area (Å²) in [6.07, 6.45) is 2.68. The molecule has 1 rings (SSSR count). The van der Waals surface area contributed by atoms with Crippen LogP contribution in [0.4, 0.5) is 0 Å². The molecule has 0 radical (unpaired) electrons. The molecule has 0 fully saturated rings. The van der Waals surface area contributed by atoms with Crippen molar-refractivity contribution >= 4 is 11.9 Å². The van der Waals surface area contributed by atoms with Gasteiger partial charge in [0, 0.05) is 6.20 Å². The molecule has 0 saturated heterocycles. The van der Waals surface area contributed by atoms with Crippen LogP contribution in [-0.4, -0.2) is 22.0 Å². The normalized spacial score (nSPS) is 8.79. The lowest BCUT2D eigenvalue weighted by atomic mass is 10.2. The molecule has 70 valence electrons. The van der Waals surface area contributed by atoms with E-state index in [-0.39, 0.29) is 11.3 Å². The number of pyridine rings is 1. The van der Waals surface area contributed by atoms with Gasteiger partial charge in [-0.3, -0.25) is 15.1 Å². The summed E-state index contributed by atoms with van der Waals surface area (Å²) in [6, 6.07) is 2.63. The molecule has 0 aliphatic rings. The number of carbonyl (C=O) groups excluding carboxylic acids is 1. The van der Waals surface area contributed by atoms with Gasteiger partial charge in [-0.25, -0.2) is 4.79 Å². The van der Waals surface area contributed by atoms with Gasteiger partial charge < -0.3 is 5.11 Å². The predicted octanol–water partition coefficient (Wildman–Crippen LogP) is -0.00932. The van der Waals surface area contributed by atoms with Crippen LogP contribution in [0.15, 0.2) is 18.3 Å². The van der Waals surface area contributed by atoms with Crippen molar-refractivity contribution in [2.75, 3.05) is 0 Å². The molecule has 1 amide bonds. The van der Waals surface area contributed by atoms with Crippen molar-refractivity contribution in [1.82, 2.24) is 10.3 Å². The highest BCUT2D eigenvalue weighted by molar-refractivity contribution is 6.03. The molecular weight excluding hydrogens is 186 g/mol. The lowest BCUT2D eigenvalue weighted by Crippen LogP contribution is -2.22. The van der Waals surface area contributed by atoms with E-state index in [1.54, 1.807) is 5.32 Å². The summed E-state index contributed by atoms with van der Waals surface area (Å²) in [7, 11) is 0. The van der Waals surface area contributed by atoms with Crippen molar-refractivity contribution in [3.05, 3.63) is 29.6 Å². The highest BCUT2D eigenvalue weighted by Gasteiger charge is 2.16. The summed E-state index contributed by atoms with van der Waals surface area (Å²) in [4.78, 5) is 25.3. The fourth-order valence-electron chi connectivity index (χ4n) is 0.869. The van der Waals surface area contributed by atoms with Crippen LogP contribution in [0.5, 0.6) is 0 Å². The van der Waals surface area contributed by atoms with E-state index >= 15 is 0 Å². The second-order valence-corrected chi connectivity index (χ2v) is 2.27. The van der Waals surface area contributed by atoms with Crippen LogP contribution >= 0.6 is 0 Å². The Morgan fingerprint density at radius 2 is 2.29 bits per heavy atom. The van der Waals surface area contributed by atoms with Crippen molar-refractivity contribution in [2.24, 2.45) is 0 Å². The first kappa shape index (κ1) is 9.67. The SMILES string of the molecule is N#CNC(=O)c1ncccc1C(=O)O. The van der Waals surface area contributed by atoms with Gasteiger partial charge in [0.25, 0.3) is 5.91 Å². The molecule has 6 nitrogen and oxygen atoms in total. The van der Waals surface area contributed by atoms with E-state index in [0.29, 0.717) is 0 Å². The first-order valence-electron chi connectivity index (χ1n) is 3.54. The Kier molecular flexibility index (Phi) is 2.76. The molecule has 0 atom stereocenters. The van der Waals surface area contributed by atoms with Gasteiger partial charge in [0.05, 0.1) is 5.56 Å². The summed E-state index contributed by atoms with van der Waals surface area (Å²) in [5, 5.41) is 18.6. The zero-order valence-corrected chi connectivity index (χ0v) is 6.89. The third kappa shape index (κ3) is 1.84. The van der Waals surface area contributed by atoms with Gasteiger partial charge in [0.2, 0.25) is 0 Å². The fraction of sp³-hybridized carbons (Fsp3) is 0. The molecule has 0 saturated carbocycles. The molecule has 0 aromatic carbocycles. The van der Waals surface area contributed by atoms with Gasteiger partial charge in [0.1, 0.15) is 5.69 Å². The fourth-order valence-corrected chi connectivity index (χ4v) is 0.869. The minimum absolute atomic E-state index is 0.236. The lowest BCUT2D eigenvalue weighted by Gasteiger charge is -2.00. The highest BCUT2D eigenvalue weighted by atomic mass is 16.4. The van der Waals surface area contributed by atoms with Crippen LogP contribution in [0.1, 0.15) is 20.8 Å². The molecule has 0 unspecified atom stereocenters. The Balaban J connectivity index is 3.15. The molecule has 0 aliphatic heterocycles. The Hall–Kier alpha value is -2.42. The molecule has 2 N–H and O–H groups in total. The maximum absolute atomic E-state index is 11.1. The number of aromatic carboxylic acids is 1. The van der Waals surface area contributed by atoms with E-state index < -0.39 is 11.9 Å². The van der Waals surface area contributed by atoms with E-state index in [9.17, 15) is 9.59 Å². The van der Waals surface area contributed by atoms with Crippen LogP contribution in [0.3, 0.4) is 0 Å². The zero-order valence-electron chi connectivity index (χ0n) is 6.89. The summed E-state index contributed by atoms with van der Waals surface area (Å²) in [5.74, 6) is -2.09. The Morgan fingerprint density at radius 3 is 2.86 bits per heavy atom. The van der Waals surface area contributed by atoms with E-state index in [1.165, 1.54) is 24.5 Å². The molecule has 0 aliphatic carbocycles. The van der Waals surface area contributed by atoms with E-state index in [4.69, 9.17) is 10.4 Å². The second-order valence-electron chi connectivity index (χ2n) is 2.27. The lowest BCUT2D eigenvalue weighted by molar-refractivity contribution is 0.0690. The smallest absolute Gasteiger partial charge is 0.338 e. The van der Waals surface area contributed by atoms with E-state index in [1.807, 2.05) is 0 Å². The molecule has 1 aromatic heterocycles. The number of carboxylic acids is 1. The Bertz CT molecular complexity index is 422. The number of nitrogens with one attached hydrogen (secondary N) is 1. The number of carboxylic acid groups (broad SMARTS) is 1. The second kappa shape index (κ2) is 4.00. The largest absolute Gasteiger partial charge is 0.478 e. The van der Waals surface area contributed by atoms with Crippen LogP contribution < -0.4 is 5.32 Å². The van der Waals surface area contributed by atoms with Crippen LogP contribution in [0, 0.1) is 11.5 Å². The third-order valence-electron chi connectivity index (χ3n) is 1.42. The summed E-state index contributed by atoms with van der Waals surface area (Å²) in [6.45, 7) is 0. The van der Waals surface area contributed by atoms with Crippen molar-refractivity contribution in [3.8, 4) is 6.19 Å². The van der Waals surface area contributed by atoms with Gasteiger partial charge in [-0.05, 0) is 12.1 Å². The van der Waals surface area contributed by atoms with Gasteiger partial charge in [-0.1, -0.05) is 0 Å². The van der Waals surface area contributed by atoms with Crippen molar-refractivity contribution in [3.63, 3.8) is 0 Å². The van der Waals surface area contributed by atoms with Gasteiger partial charge in [0.15, 0.2) is 6.19 Å².